The molecule has 24 heteroatoms. The normalized spacial score (nSPS) is 27.6. The molecule has 0 spiro atoms. The largest absolute Gasteiger partial charge is 0.394 e. The Balaban J connectivity index is 4.44. The number of nitrogens with one attached hydrogen (secondary N) is 4. The number of allylic oxidation sites excluding steroid dienone is 2. The third-order valence-electron chi connectivity index (χ3n) is 17.3. The van der Waals surface area contributed by atoms with Gasteiger partial charge in [-0.2, -0.15) is 0 Å². The molecule has 0 radical (unpaired) electrons. The highest BCUT2D eigenvalue weighted by Crippen LogP contribution is 2.26. The average Bonchev–Trinajstić information content (AvgIpc) is 1.41. The minimum absolute atomic E-state index is 0.0623. The molecule has 1 fully saturated rings. The van der Waals surface area contributed by atoms with Gasteiger partial charge in [0.1, 0.15) is 66.5 Å². The summed E-state index contributed by atoms with van der Waals surface area (Å²) < 4.78 is 0. The van der Waals surface area contributed by atoms with Gasteiger partial charge in [-0.05, 0) is 101 Å². The maximum atomic E-state index is 15.2. The molecule has 0 aromatic heterocycles. The summed E-state index contributed by atoms with van der Waals surface area (Å²) in [7, 11) is 9.68. The van der Waals surface area contributed by atoms with Crippen molar-refractivity contribution >= 4 is 65.0 Å². The summed E-state index contributed by atoms with van der Waals surface area (Å²) in [6.45, 7) is 28.7. The smallest absolute Gasteiger partial charge is 0.248 e. The van der Waals surface area contributed by atoms with Crippen LogP contribution in [0.4, 0.5) is 0 Å². The summed E-state index contributed by atoms with van der Waals surface area (Å²) in [5.74, 6) is -10.7. The summed E-state index contributed by atoms with van der Waals surface area (Å²) in [4.78, 5) is 170. The fourth-order valence-corrected chi connectivity index (χ4v) is 11.2. The van der Waals surface area contributed by atoms with E-state index in [9.17, 15) is 48.6 Å². The van der Waals surface area contributed by atoms with Gasteiger partial charge in [-0.25, -0.2) is 0 Å². The molecule has 0 aliphatic carbocycles. The predicted octanol–water partition coefficient (Wildman–Crippen LogP) is 3.02. The zero-order chi connectivity index (χ0) is 68.3. The second-order valence-corrected chi connectivity index (χ2v) is 26.5. The summed E-state index contributed by atoms with van der Waals surface area (Å²) >= 11 is 0. The van der Waals surface area contributed by atoms with Gasteiger partial charge in [-0.3, -0.25) is 52.7 Å². The Morgan fingerprint density at radius 2 is 0.920 bits per heavy atom. The first-order chi connectivity index (χ1) is 40.7. The van der Waals surface area contributed by atoms with Gasteiger partial charge in [0.25, 0.3) is 0 Å². The van der Waals surface area contributed by atoms with E-state index in [1.165, 1.54) is 82.8 Å². The quantitative estimate of drug-likeness (QED) is 0.114. The maximum Gasteiger partial charge on any atom is 0.248 e. The minimum Gasteiger partial charge on any atom is -0.394 e. The van der Waals surface area contributed by atoms with E-state index in [0.29, 0.717) is 12.8 Å². The number of carbonyl (C=O) groups is 11. The molecular weight excluding hydrogens is 1130 g/mol. The van der Waals surface area contributed by atoms with Crippen LogP contribution < -0.4 is 21.3 Å². The van der Waals surface area contributed by atoms with Crippen LogP contribution in [-0.2, 0) is 52.7 Å². The lowest BCUT2D eigenvalue weighted by Gasteiger charge is -2.41. The molecule has 504 valence electrons. The Hall–Kier alpha value is -6.17. The molecule has 0 bridgehead atoms. The second kappa shape index (κ2) is 36.5. The van der Waals surface area contributed by atoms with Crippen molar-refractivity contribution in [1.82, 2.24) is 55.6 Å². The number of hydrogen-bond donors (Lipinski definition) is 6. The lowest BCUT2D eigenvalue weighted by Crippen LogP contribution is -2.64. The third-order valence-corrected chi connectivity index (χ3v) is 17.3. The van der Waals surface area contributed by atoms with Gasteiger partial charge in [-0.15, -0.1) is 0 Å². The van der Waals surface area contributed by atoms with Gasteiger partial charge in [-0.1, -0.05) is 116 Å². The zero-order valence-electron chi connectivity index (χ0n) is 57.8. The highest BCUT2D eigenvalue weighted by atomic mass is 16.3. The van der Waals surface area contributed by atoms with Crippen LogP contribution in [0.2, 0.25) is 0 Å². The van der Waals surface area contributed by atoms with E-state index < -0.39 is 168 Å². The first-order valence-electron chi connectivity index (χ1n) is 31.7. The highest BCUT2D eigenvalue weighted by Gasteiger charge is 2.46. The van der Waals surface area contributed by atoms with Crippen molar-refractivity contribution in [1.29, 1.82) is 0 Å². The highest BCUT2D eigenvalue weighted by molar-refractivity contribution is 6.00. The molecule has 0 aromatic carbocycles. The Kier molecular flexibility index (Phi) is 33.1. The van der Waals surface area contributed by atoms with Gasteiger partial charge in [0.15, 0.2) is 0 Å². The molecule has 0 saturated carbocycles. The van der Waals surface area contributed by atoms with E-state index in [1.54, 1.807) is 74.5 Å². The number of likely N-dealkylation sites (N-methyl/N-ethyl adjacent to an activating group) is 7. The van der Waals surface area contributed by atoms with Crippen LogP contribution >= 0.6 is 0 Å². The van der Waals surface area contributed by atoms with Gasteiger partial charge in [0, 0.05) is 49.3 Å². The van der Waals surface area contributed by atoms with Gasteiger partial charge < -0.3 is 65.8 Å². The summed E-state index contributed by atoms with van der Waals surface area (Å²) in [6.07, 6.45) is 3.50. The summed E-state index contributed by atoms with van der Waals surface area (Å²) in [6, 6.07) is -14.4. The first-order valence-corrected chi connectivity index (χ1v) is 31.7. The topological polar surface area (TPSA) is 299 Å². The Bertz CT molecular complexity index is 2400. The van der Waals surface area contributed by atoms with E-state index in [4.69, 9.17) is 0 Å². The Morgan fingerprint density at radius 3 is 1.40 bits per heavy atom. The number of amides is 11. The molecular formula is C64H115N11O13. The molecule has 14 atom stereocenters. The fraction of sp³-hybridized carbons (Fsp3) is 0.797. The molecule has 6 N–H and O–H groups in total. The minimum atomic E-state index is -1.67. The van der Waals surface area contributed by atoms with Crippen LogP contribution in [0.5, 0.6) is 0 Å². The summed E-state index contributed by atoms with van der Waals surface area (Å²) in [5.41, 5.74) is 0. The van der Waals surface area contributed by atoms with E-state index in [1.807, 2.05) is 41.5 Å². The van der Waals surface area contributed by atoms with Crippen molar-refractivity contribution < 1.29 is 63.0 Å². The molecule has 0 aromatic rings. The molecule has 1 saturated heterocycles. The monoisotopic (exact) mass is 1250 g/mol. The molecule has 1 aliphatic rings. The Labute approximate surface area is 526 Å². The van der Waals surface area contributed by atoms with Crippen LogP contribution in [0, 0.1) is 41.4 Å². The predicted molar refractivity (Wildman–Crippen MR) is 339 cm³/mol. The molecule has 11 amide bonds. The van der Waals surface area contributed by atoms with Crippen LogP contribution in [0.3, 0.4) is 0 Å². The Morgan fingerprint density at radius 1 is 0.466 bits per heavy atom. The number of hydrogen-bond acceptors (Lipinski definition) is 13. The SMILES string of the molecule is C/C=C/C[C@@H](C)[C@@H](O)[C@H]1C(=O)N[C@H](CC)C(=O)N(C)[C@H](CO)C(=O)N(C)[C@@H](C(C)CC)C(=O)N[C@H](C(C)C)C(=O)N(C)[C@H](CC(C)C)C(=O)N[C@H](C)C(=O)N[C@@H](C)C(=O)N(C)[C@H](CC(C)C)C(=O)N(C)[C@H](CCC(C)C)C(=O)N(C)[C@H](C(C)C)C(=O)N1C. The van der Waals surface area contributed by atoms with Crippen LogP contribution in [0.1, 0.15) is 163 Å². The lowest BCUT2D eigenvalue weighted by atomic mass is 9.91. The number of aliphatic hydroxyl groups is 2. The van der Waals surface area contributed by atoms with E-state index >= 15 is 14.4 Å². The number of aliphatic hydroxyl groups excluding tert-OH is 2. The number of rotatable bonds is 17. The van der Waals surface area contributed by atoms with Crippen molar-refractivity contribution in [2.45, 2.75) is 235 Å². The summed E-state index contributed by atoms with van der Waals surface area (Å²) in [5, 5.41) is 34.0. The third kappa shape index (κ3) is 21.2. The second-order valence-electron chi connectivity index (χ2n) is 26.5. The molecule has 1 heterocycles. The maximum absolute atomic E-state index is 15.2. The zero-order valence-corrected chi connectivity index (χ0v) is 57.8. The van der Waals surface area contributed by atoms with Crippen molar-refractivity contribution in [3.8, 4) is 0 Å². The number of carbonyl (C=O) groups excluding carboxylic acids is 11. The van der Waals surface area contributed by atoms with E-state index in [-0.39, 0.29) is 49.9 Å². The molecule has 1 rings (SSSR count). The van der Waals surface area contributed by atoms with E-state index in [0.717, 1.165) is 14.7 Å². The van der Waals surface area contributed by atoms with Gasteiger partial charge in [0.2, 0.25) is 65.0 Å². The molecule has 24 nitrogen and oxygen atoms in total. The molecule has 1 aliphatic heterocycles. The van der Waals surface area contributed by atoms with Crippen molar-refractivity contribution in [2.75, 3.05) is 55.9 Å². The molecule has 88 heavy (non-hydrogen) atoms. The van der Waals surface area contributed by atoms with Crippen molar-refractivity contribution in [3.63, 3.8) is 0 Å². The van der Waals surface area contributed by atoms with Crippen LogP contribution in [0.25, 0.3) is 0 Å². The van der Waals surface area contributed by atoms with Crippen LogP contribution in [-0.4, -0.2) is 238 Å². The van der Waals surface area contributed by atoms with Gasteiger partial charge in [0.05, 0.1) is 12.7 Å². The average molecular weight is 1250 g/mol. The van der Waals surface area contributed by atoms with Crippen molar-refractivity contribution in [3.05, 3.63) is 12.2 Å². The fourth-order valence-electron chi connectivity index (χ4n) is 11.2. The van der Waals surface area contributed by atoms with Crippen molar-refractivity contribution in [2.24, 2.45) is 41.4 Å². The standard InChI is InChI=1S/C64H115N11O13/c1-25-28-29-41(15)53(77)52-57(81)67-44(27-3)59(83)72(21)48(34-76)62(86)74(23)51(40(14)26-2)56(80)68-49(38(10)11)63(87)70(19)46(32-36(6)7)55(79)65-42(16)54(78)66-43(17)58(82)71(20)47(33-37(8)9)61(85)69(18)45(31-30-35(4)5)60(84)73(22)50(39(12)13)64(88)75(52)24/h25,28,35-53,76-77H,26-27,29-34H2,1-24H3,(H,65,79)(H,66,78)(H,67,81)(H,68,80)/b28-25+/t40?,41-,42-,43+,44-,45-,46-,47-,48-,49-,50-,51+,52+,53-/m1/s1. The van der Waals surface area contributed by atoms with Gasteiger partial charge >= 0.3 is 0 Å². The number of nitrogens with zero attached hydrogens (tertiary/aromatic N) is 7. The molecule has 1 unspecified atom stereocenters. The first kappa shape index (κ1) is 79.8. The lowest BCUT2D eigenvalue weighted by molar-refractivity contribution is -0.157. The van der Waals surface area contributed by atoms with E-state index in [2.05, 4.69) is 21.3 Å². The van der Waals surface area contributed by atoms with Crippen LogP contribution in [0.15, 0.2) is 12.2 Å².